The summed E-state index contributed by atoms with van der Waals surface area (Å²) in [4.78, 5) is 4.94. The quantitative estimate of drug-likeness (QED) is 0.254. The van der Waals surface area contributed by atoms with Crippen molar-refractivity contribution in [1.82, 2.24) is 4.57 Å². The van der Waals surface area contributed by atoms with Gasteiger partial charge in [-0.25, -0.2) is 0 Å². The molecule has 1 N–H and O–H groups in total. The fourth-order valence-corrected chi connectivity index (χ4v) is 4.78. The van der Waals surface area contributed by atoms with Gasteiger partial charge < -0.3 is 9.67 Å². The van der Waals surface area contributed by atoms with Crippen LogP contribution in [-0.2, 0) is 6.54 Å². The number of aromatic nitrogens is 1. The SMILES string of the molecule is OCCCn1cc(C=Nc2ccc3ccc4cccc5ccc2c3c45)c2ccccc21. The third-order valence-corrected chi connectivity index (χ3v) is 6.22. The van der Waals surface area contributed by atoms with Crippen LogP contribution in [0.15, 0.2) is 90.1 Å². The summed E-state index contributed by atoms with van der Waals surface area (Å²) in [6.45, 7) is 0.988. The number of aliphatic hydroxyl groups is 1. The van der Waals surface area contributed by atoms with Crippen molar-refractivity contribution < 1.29 is 5.11 Å². The lowest BCUT2D eigenvalue weighted by molar-refractivity contribution is 0.280. The van der Waals surface area contributed by atoms with Crippen molar-refractivity contribution in [2.24, 2.45) is 4.99 Å². The van der Waals surface area contributed by atoms with Gasteiger partial charge in [0.15, 0.2) is 0 Å². The number of aliphatic hydroxyl groups excluding tert-OH is 1. The number of fused-ring (bicyclic) bond motifs is 1. The second-order valence-corrected chi connectivity index (χ2v) is 8.07. The monoisotopic (exact) mass is 402 g/mol. The van der Waals surface area contributed by atoms with Gasteiger partial charge in [-0.1, -0.05) is 66.7 Å². The lowest BCUT2D eigenvalue weighted by atomic mass is 9.93. The van der Waals surface area contributed by atoms with E-state index < -0.39 is 0 Å². The zero-order valence-electron chi connectivity index (χ0n) is 17.1. The topological polar surface area (TPSA) is 37.5 Å². The Bertz CT molecular complexity index is 1560. The van der Waals surface area contributed by atoms with Crippen LogP contribution in [0.3, 0.4) is 0 Å². The normalized spacial score (nSPS) is 12.3. The van der Waals surface area contributed by atoms with Crippen LogP contribution >= 0.6 is 0 Å². The van der Waals surface area contributed by atoms with Gasteiger partial charge in [0.25, 0.3) is 0 Å². The molecule has 0 aliphatic rings. The van der Waals surface area contributed by atoms with Crippen LogP contribution in [0.1, 0.15) is 12.0 Å². The molecule has 0 aliphatic heterocycles. The summed E-state index contributed by atoms with van der Waals surface area (Å²) in [5, 5.41) is 18.0. The average molecular weight is 402 g/mol. The Morgan fingerprint density at radius 2 is 1.48 bits per heavy atom. The van der Waals surface area contributed by atoms with Gasteiger partial charge >= 0.3 is 0 Å². The molecule has 0 amide bonds. The van der Waals surface area contributed by atoms with E-state index >= 15 is 0 Å². The molecular formula is C28H22N2O. The molecule has 0 aliphatic carbocycles. The third-order valence-electron chi connectivity index (χ3n) is 6.22. The maximum Gasteiger partial charge on any atom is 0.0708 e. The van der Waals surface area contributed by atoms with Gasteiger partial charge in [0.2, 0.25) is 0 Å². The molecule has 3 heteroatoms. The molecule has 0 unspecified atom stereocenters. The Morgan fingerprint density at radius 3 is 2.32 bits per heavy atom. The fourth-order valence-electron chi connectivity index (χ4n) is 4.78. The smallest absolute Gasteiger partial charge is 0.0708 e. The molecule has 0 spiro atoms. The maximum atomic E-state index is 9.24. The molecule has 0 saturated heterocycles. The van der Waals surface area contributed by atoms with Crippen LogP contribution in [0.25, 0.3) is 43.2 Å². The van der Waals surface area contributed by atoms with Crippen LogP contribution in [-0.4, -0.2) is 22.5 Å². The molecule has 0 saturated carbocycles. The van der Waals surface area contributed by atoms with Crippen molar-refractivity contribution in [1.29, 1.82) is 0 Å². The van der Waals surface area contributed by atoms with E-state index in [0.717, 1.165) is 24.2 Å². The van der Waals surface area contributed by atoms with Crippen LogP contribution in [0.2, 0.25) is 0 Å². The first-order valence-corrected chi connectivity index (χ1v) is 10.7. The second-order valence-electron chi connectivity index (χ2n) is 8.07. The first-order valence-electron chi connectivity index (χ1n) is 10.7. The van der Waals surface area contributed by atoms with E-state index in [2.05, 4.69) is 89.6 Å². The number of hydrogen-bond donors (Lipinski definition) is 1. The first-order chi connectivity index (χ1) is 15.3. The van der Waals surface area contributed by atoms with Crippen molar-refractivity contribution in [2.45, 2.75) is 13.0 Å². The first kappa shape index (κ1) is 18.1. The molecule has 0 fully saturated rings. The Balaban J connectivity index is 1.51. The summed E-state index contributed by atoms with van der Waals surface area (Å²) in [7, 11) is 0. The van der Waals surface area contributed by atoms with E-state index in [0.29, 0.717) is 0 Å². The van der Waals surface area contributed by atoms with Crippen LogP contribution < -0.4 is 0 Å². The van der Waals surface area contributed by atoms with E-state index in [9.17, 15) is 5.11 Å². The van der Waals surface area contributed by atoms with Crippen LogP contribution in [0.5, 0.6) is 0 Å². The van der Waals surface area contributed by atoms with Crippen molar-refractivity contribution in [2.75, 3.05) is 6.61 Å². The zero-order chi connectivity index (χ0) is 20.8. The lowest BCUT2D eigenvalue weighted by Crippen LogP contribution is -1.98. The molecule has 1 aromatic heterocycles. The number of benzene rings is 5. The Morgan fingerprint density at radius 1 is 0.742 bits per heavy atom. The van der Waals surface area contributed by atoms with Gasteiger partial charge in [-0.15, -0.1) is 0 Å². The summed E-state index contributed by atoms with van der Waals surface area (Å²) < 4.78 is 2.21. The van der Waals surface area contributed by atoms with E-state index in [4.69, 9.17) is 4.99 Å². The summed E-state index contributed by atoms with van der Waals surface area (Å²) >= 11 is 0. The third kappa shape index (κ3) is 2.89. The molecule has 31 heavy (non-hydrogen) atoms. The highest BCUT2D eigenvalue weighted by Gasteiger charge is 2.11. The Kier molecular flexibility index (Phi) is 4.22. The largest absolute Gasteiger partial charge is 0.396 e. The van der Waals surface area contributed by atoms with E-state index in [1.807, 2.05) is 6.21 Å². The maximum absolute atomic E-state index is 9.24. The van der Waals surface area contributed by atoms with Crippen LogP contribution in [0.4, 0.5) is 5.69 Å². The summed E-state index contributed by atoms with van der Waals surface area (Å²) in [5.74, 6) is 0. The molecule has 150 valence electrons. The Labute approximate surface area is 180 Å². The lowest BCUT2D eigenvalue weighted by Gasteiger charge is -2.11. The summed E-state index contributed by atoms with van der Waals surface area (Å²) in [6, 6.07) is 27.9. The number of hydrogen-bond acceptors (Lipinski definition) is 2. The number of nitrogens with zero attached hydrogens (tertiary/aromatic N) is 2. The van der Waals surface area contributed by atoms with Gasteiger partial charge in [0, 0.05) is 47.4 Å². The highest BCUT2D eigenvalue weighted by molar-refractivity contribution is 6.25. The van der Waals surface area contributed by atoms with E-state index in [1.54, 1.807) is 0 Å². The molecular weight excluding hydrogens is 380 g/mol. The van der Waals surface area contributed by atoms with Crippen molar-refractivity contribution in [3.8, 4) is 0 Å². The highest BCUT2D eigenvalue weighted by atomic mass is 16.3. The van der Waals surface area contributed by atoms with Gasteiger partial charge in [-0.05, 0) is 45.5 Å². The molecule has 3 nitrogen and oxygen atoms in total. The molecule has 5 aromatic carbocycles. The van der Waals surface area contributed by atoms with Crippen molar-refractivity contribution in [3.63, 3.8) is 0 Å². The standard InChI is InChI=1S/C28H22N2O/c31-16-4-15-30-18-22(23-7-1-2-8-26(23)30)17-29-25-14-12-21-10-9-19-5-3-6-20-11-13-24(25)28(21)27(19)20/h1-3,5-14,17-18,31H,4,15-16H2. The Hall–Kier alpha value is -3.69. The second kappa shape index (κ2) is 7.22. The van der Waals surface area contributed by atoms with Crippen molar-refractivity contribution >= 4 is 55.1 Å². The van der Waals surface area contributed by atoms with E-state index in [1.165, 1.54) is 43.2 Å². The molecule has 0 atom stereocenters. The minimum Gasteiger partial charge on any atom is -0.396 e. The summed E-state index contributed by atoms with van der Waals surface area (Å²) in [6.07, 6.45) is 4.86. The zero-order valence-corrected chi connectivity index (χ0v) is 17.1. The minimum atomic E-state index is 0.193. The molecule has 0 radical (unpaired) electrons. The number of aliphatic imine (C=N–C) groups is 1. The average Bonchev–Trinajstić information content (AvgIpc) is 3.18. The predicted octanol–water partition coefficient (Wildman–Crippen LogP) is 6.67. The predicted molar refractivity (Wildman–Crippen MR) is 131 cm³/mol. The molecule has 0 bridgehead atoms. The molecule has 6 aromatic rings. The van der Waals surface area contributed by atoms with Gasteiger partial charge in [-0.2, -0.15) is 0 Å². The minimum absolute atomic E-state index is 0.193. The highest BCUT2D eigenvalue weighted by Crippen LogP contribution is 2.38. The van der Waals surface area contributed by atoms with Gasteiger partial charge in [-0.3, -0.25) is 4.99 Å². The van der Waals surface area contributed by atoms with Crippen LogP contribution in [0, 0.1) is 0 Å². The van der Waals surface area contributed by atoms with Gasteiger partial charge in [0.1, 0.15) is 0 Å². The fraction of sp³-hybridized carbons (Fsp3) is 0.107. The number of para-hydroxylation sites is 1. The molecule has 6 rings (SSSR count). The van der Waals surface area contributed by atoms with Crippen molar-refractivity contribution in [3.05, 3.63) is 90.6 Å². The van der Waals surface area contributed by atoms with Gasteiger partial charge in [0.05, 0.1) is 5.69 Å². The number of rotatable bonds is 5. The summed E-state index contributed by atoms with van der Waals surface area (Å²) in [5.41, 5.74) is 3.25. The number of aryl methyl sites for hydroxylation is 1. The van der Waals surface area contributed by atoms with E-state index in [-0.39, 0.29) is 6.61 Å². The molecule has 1 heterocycles.